The maximum atomic E-state index is 13.6. The van der Waals surface area contributed by atoms with Crippen LogP contribution in [0.1, 0.15) is 16.1 Å². The number of carbonyl (C=O) groups is 1. The van der Waals surface area contributed by atoms with Gasteiger partial charge in [0.25, 0.3) is 0 Å². The first-order chi connectivity index (χ1) is 10.1. The molecule has 0 aliphatic heterocycles. The van der Waals surface area contributed by atoms with Gasteiger partial charge in [0.05, 0.1) is 5.52 Å². The standard InChI is InChI=1S/C17H11F2NO/c18-13-6-3-5-12(17(13)19)10-16(21)15-9-8-11-4-1-2-7-14(11)20-15/h1-9H,10H2. The molecule has 0 fully saturated rings. The lowest BCUT2D eigenvalue weighted by Gasteiger charge is -2.04. The van der Waals surface area contributed by atoms with E-state index >= 15 is 0 Å². The molecule has 0 unspecified atom stereocenters. The number of hydrogen-bond acceptors (Lipinski definition) is 2. The Morgan fingerprint density at radius 1 is 0.952 bits per heavy atom. The van der Waals surface area contributed by atoms with Gasteiger partial charge in [-0.3, -0.25) is 4.79 Å². The van der Waals surface area contributed by atoms with E-state index in [0.29, 0.717) is 5.52 Å². The fourth-order valence-corrected chi connectivity index (χ4v) is 2.17. The molecule has 2 aromatic carbocycles. The third kappa shape index (κ3) is 2.65. The van der Waals surface area contributed by atoms with Crippen LogP contribution in [-0.4, -0.2) is 10.8 Å². The van der Waals surface area contributed by atoms with Crippen LogP contribution >= 0.6 is 0 Å². The topological polar surface area (TPSA) is 30.0 Å². The van der Waals surface area contributed by atoms with E-state index in [1.807, 2.05) is 18.2 Å². The molecule has 104 valence electrons. The molecule has 0 bridgehead atoms. The molecule has 0 saturated carbocycles. The average molecular weight is 283 g/mol. The van der Waals surface area contributed by atoms with Crippen LogP contribution < -0.4 is 0 Å². The number of benzene rings is 2. The third-order valence-corrected chi connectivity index (χ3v) is 3.27. The first-order valence-corrected chi connectivity index (χ1v) is 6.47. The van der Waals surface area contributed by atoms with Crippen molar-refractivity contribution in [3.63, 3.8) is 0 Å². The Balaban J connectivity index is 1.91. The lowest BCUT2D eigenvalue weighted by atomic mass is 10.1. The van der Waals surface area contributed by atoms with Crippen molar-refractivity contribution in [2.24, 2.45) is 0 Å². The largest absolute Gasteiger partial charge is 0.292 e. The molecular weight excluding hydrogens is 272 g/mol. The second kappa shape index (κ2) is 5.40. The summed E-state index contributed by atoms with van der Waals surface area (Å²) in [5.74, 6) is -2.27. The summed E-state index contributed by atoms with van der Waals surface area (Å²) in [5.41, 5.74) is 0.982. The number of halogens is 2. The highest BCUT2D eigenvalue weighted by atomic mass is 19.2. The van der Waals surface area contributed by atoms with Gasteiger partial charge in [0, 0.05) is 11.8 Å². The number of hydrogen-bond donors (Lipinski definition) is 0. The Bertz CT molecular complexity index is 830. The Morgan fingerprint density at radius 2 is 1.76 bits per heavy atom. The SMILES string of the molecule is O=C(Cc1cccc(F)c1F)c1ccc2ccccc2n1. The van der Waals surface area contributed by atoms with Gasteiger partial charge in [-0.1, -0.05) is 36.4 Å². The summed E-state index contributed by atoms with van der Waals surface area (Å²) in [6, 6.07) is 14.6. The lowest BCUT2D eigenvalue weighted by molar-refractivity contribution is 0.0987. The van der Waals surface area contributed by atoms with E-state index < -0.39 is 11.6 Å². The smallest absolute Gasteiger partial charge is 0.185 e. The van der Waals surface area contributed by atoms with Crippen LogP contribution in [0.15, 0.2) is 54.6 Å². The second-order valence-electron chi connectivity index (χ2n) is 4.70. The highest BCUT2D eigenvalue weighted by Gasteiger charge is 2.14. The molecule has 0 spiro atoms. The van der Waals surface area contributed by atoms with Crippen LogP contribution in [0.3, 0.4) is 0 Å². The number of nitrogens with zero attached hydrogens (tertiary/aromatic N) is 1. The van der Waals surface area contributed by atoms with Gasteiger partial charge in [0.15, 0.2) is 17.4 Å². The maximum Gasteiger partial charge on any atom is 0.185 e. The van der Waals surface area contributed by atoms with Crippen molar-refractivity contribution < 1.29 is 13.6 Å². The van der Waals surface area contributed by atoms with Crippen molar-refractivity contribution in [2.45, 2.75) is 6.42 Å². The number of aromatic nitrogens is 1. The fourth-order valence-electron chi connectivity index (χ4n) is 2.17. The van der Waals surface area contributed by atoms with Gasteiger partial charge in [-0.15, -0.1) is 0 Å². The average Bonchev–Trinajstić information content (AvgIpc) is 2.51. The number of ketones is 1. The molecule has 0 saturated heterocycles. The minimum Gasteiger partial charge on any atom is -0.292 e. The van der Waals surface area contributed by atoms with Crippen LogP contribution in [0, 0.1) is 11.6 Å². The van der Waals surface area contributed by atoms with Crippen molar-refractivity contribution in [3.8, 4) is 0 Å². The molecule has 21 heavy (non-hydrogen) atoms. The summed E-state index contributed by atoms with van der Waals surface area (Å²) in [7, 11) is 0. The number of para-hydroxylation sites is 1. The van der Waals surface area contributed by atoms with E-state index in [1.54, 1.807) is 18.2 Å². The van der Waals surface area contributed by atoms with Crippen LogP contribution in [-0.2, 0) is 6.42 Å². The maximum absolute atomic E-state index is 13.6. The molecule has 0 aliphatic rings. The van der Waals surface area contributed by atoms with Crippen LogP contribution in [0.4, 0.5) is 8.78 Å². The molecule has 1 heterocycles. The van der Waals surface area contributed by atoms with Crippen LogP contribution in [0.5, 0.6) is 0 Å². The molecule has 0 radical (unpaired) electrons. The molecule has 0 aliphatic carbocycles. The zero-order valence-electron chi connectivity index (χ0n) is 11.0. The summed E-state index contributed by atoms with van der Waals surface area (Å²) in [6.07, 6.45) is -0.213. The zero-order valence-corrected chi connectivity index (χ0v) is 11.0. The molecule has 3 rings (SSSR count). The van der Waals surface area contributed by atoms with Crippen molar-refractivity contribution in [2.75, 3.05) is 0 Å². The predicted molar refractivity (Wildman–Crippen MR) is 76.1 cm³/mol. The Morgan fingerprint density at radius 3 is 2.62 bits per heavy atom. The van der Waals surface area contributed by atoms with Gasteiger partial charge in [0.1, 0.15) is 5.69 Å². The van der Waals surface area contributed by atoms with Gasteiger partial charge in [-0.25, -0.2) is 13.8 Å². The molecule has 2 nitrogen and oxygen atoms in total. The molecule has 0 amide bonds. The van der Waals surface area contributed by atoms with E-state index in [-0.39, 0.29) is 23.5 Å². The normalized spacial score (nSPS) is 10.8. The Hall–Kier alpha value is -2.62. The number of Topliss-reactive ketones (excluding diaryl/α,β-unsaturated/α-hetero) is 1. The van der Waals surface area contributed by atoms with Crippen LogP contribution in [0.2, 0.25) is 0 Å². The van der Waals surface area contributed by atoms with E-state index in [2.05, 4.69) is 4.98 Å². The second-order valence-corrected chi connectivity index (χ2v) is 4.70. The summed E-state index contributed by atoms with van der Waals surface area (Å²) >= 11 is 0. The molecule has 0 N–H and O–H groups in total. The van der Waals surface area contributed by atoms with Crippen molar-refractivity contribution in [1.82, 2.24) is 4.98 Å². The number of rotatable bonds is 3. The van der Waals surface area contributed by atoms with Gasteiger partial charge < -0.3 is 0 Å². The van der Waals surface area contributed by atoms with E-state index in [9.17, 15) is 13.6 Å². The summed E-state index contributed by atoms with van der Waals surface area (Å²) in [5, 5.41) is 0.922. The zero-order chi connectivity index (χ0) is 14.8. The van der Waals surface area contributed by atoms with Gasteiger partial charge >= 0.3 is 0 Å². The first kappa shape index (κ1) is 13.4. The molecule has 1 aromatic heterocycles. The minimum absolute atomic E-state index is 0.0370. The molecule has 3 aromatic rings. The highest BCUT2D eigenvalue weighted by molar-refractivity contribution is 5.97. The molecule has 0 atom stereocenters. The highest BCUT2D eigenvalue weighted by Crippen LogP contribution is 2.16. The fraction of sp³-hybridized carbons (Fsp3) is 0.0588. The third-order valence-electron chi connectivity index (χ3n) is 3.27. The Labute approximate surface area is 120 Å². The first-order valence-electron chi connectivity index (χ1n) is 6.47. The molecule has 4 heteroatoms. The lowest BCUT2D eigenvalue weighted by Crippen LogP contribution is -2.08. The number of carbonyl (C=O) groups excluding carboxylic acids is 1. The predicted octanol–water partition coefficient (Wildman–Crippen LogP) is 3.94. The monoisotopic (exact) mass is 283 g/mol. The van der Waals surface area contributed by atoms with Gasteiger partial charge in [0.2, 0.25) is 0 Å². The van der Waals surface area contributed by atoms with E-state index in [1.165, 1.54) is 12.1 Å². The van der Waals surface area contributed by atoms with Crippen molar-refractivity contribution in [3.05, 3.63) is 77.5 Å². The summed E-state index contributed by atoms with van der Waals surface area (Å²) in [6.45, 7) is 0. The minimum atomic E-state index is -0.980. The van der Waals surface area contributed by atoms with E-state index in [4.69, 9.17) is 0 Å². The summed E-state index contributed by atoms with van der Waals surface area (Å²) < 4.78 is 26.7. The van der Waals surface area contributed by atoms with Crippen LogP contribution in [0.25, 0.3) is 10.9 Å². The van der Waals surface area contributed by atoms with E-state index in [0.717, 1.165) is 11.5 Å². The summed E-state index contributed by atoms with van der Waals surface area (Å²) in [4.78, 5) is 16.4. The van der Waals surface area contributed by atoms with Gasteiger partial charge in [-0.05, 0) is 23.8 Å². The quantitative estimate of drug-likeness (QED) is 0.681. The van der Waals surface area contributed by atoms with Gasteiger partial charge in [-0.2, -0.15) is 0 Å². The van der Waals surface area contributed by atoms with Crippen molar-refractivity contribution in [1.29, 1.82) is 0 Å². The van der Waals surface area contributed by atoms with Crippen molar-refractivity contribution >= 4 is 16.7 Å². The number of pyridine rings is 1. The number of fused-ring (bicyclic) bond motifs is 1. The Kier molecular flexibility index (Phi) is 3.44. The molecular formula is C17H11F2NO.